The number of rotatable bonds is 8. The van der Waals surface area contributed by atoms with E-state index in [1.165, 1.54) is 56.2 Å². The lowest BCUT2D eigenvalue weighted by Gasteiger charge is -2.15. The predicted octanol–water partition coefficient (Wildman–Crippen LogP) is 4.87. The molecule has 0 fully saturated rings. The molecule has 0 aliphatic rings. The normalized spacial score (nSPS) is 11.2. The first-order valence-electron chi connectivity index (χ1n) is 9.75. The van der Waals surface area contributed by atoms with Crippen molar-refractivity contribution in [1.82, 2.24) is 0 Å². The Morgan fingerprint density at radius 1 is 0.926 bits per heavy atom. The van der Waals surface area contributed by atoms with Crippen molar-refractivity contribution in [3.63, 3.8) is 0 Å². The highest BCUT2D eigenvalue weighted by Crippen LogP contribution is 2.26. The van der Waals surface area contributed by atoms with Gasteiger partial charge in [0.05, 0.1) is 4.90 Å². The van der Waals surface area contributed by atoms with Gasteiger partial charge in [0.1, 0.15) is 17.2 Å². The lowest BCUT2D eigenvalue weighted by molar-refractivity contribution is -0.671. The summed E-state index contributed by atoms with van der Waals surface area (Å²) in [5.74, 6) is 0.779. The number of pyridine rings is 1. The molecule has 1 aromatic carbocycles. The van der Waals surface area contributed by atoms with Crippen molar-refractivity contribution in [1.29, 1.82) is 0 Å². The lowest BCUT2D eigenvalue weighted by atomic mass is 9.90. The Kier molecular flexibility index (Phi) is 10.3. The topological polar surface area (TPSA) is 61.1 Å². The fourth-order valence-electron chi connectivity index (χ4n) is 2.87. The zero-order valence-electron chi connectivity index (χ0n) is 17.0. The molecule has 0 unspecified atom stereocenters. The third-order valence-electron chi connectivity index (χ3n) is 4.60. The molecule has 1 aromatic heterocycles. The van der Waals surface area contributed by atoms with E-state index in [4.69, 9.17) is 0 Å². The van der Waals surface area contributed by atoms with E-state index in [1.54, 1.807) is 12.1 Å². The van der Waals surface area contributed by atoms with Crippen molar-refractivity contribution < 1.29 is 17.5 Å². The van der Waals surface area contributed by atoms with Crippen LogP contribution in [0.15, 0.2) is 53.7 Å². The summed E-state index contributed by atoms with van der Waals surface area (Å²) >= 11 is 0. The molecule has 27 heavy (non-hydrogen) atoms. The van der Waals surface area contributed by atoms with Gasteiger partial charge in [-0.3, -0.25) is 0 Å². The summed E-state index contributed by atoms with van der Waals surface area (Å²) in [6.45, 7) is 6.38. The van der Waals surface area contributed by atoms with E-state index in [-0.39, 0.29) is 4.90 Å². The van der Waals surface area contributed by atoms with Gasteiger partial charge in [-0.25, -0.2) is 13.0 Å². The van der Waals surface area contributed by atoms with Crippen LogP contribution in [0.25, 0.3) is 0 Å². The van der Waals surface area contributed by atoms with E-state index >= 15 is 0 Å². The minimum atomic E-state index is -4.27. The Bertz CT molecular complexity index is 745. The number of aryl methyl sites for hydroxylation is 2. The fourth-order valence-corrected chi connectivity index (χ4v) is 3.34. The van der Waals surface area contributed by atoms with Gasteiger partial charge in [-0.1, -0.05) is 57.2 Å². The van der Waals surface area contributed by atoms with Crippen LogP contribution in [-0.4, -0.2) is 13.0 Å². The third-order valence-corrected chi connectivity index (χ3v) is 5.45. The molecule has 0 spiro atoms. The van der Waals surface area contributed by atoms with Crippen molar-refractivity contribution in [3.8, 4) is 0 Å². The van der Waals surface area contributed by atoms with Crippen LogP contribution in [0.3, 0.4) is 0 Å². The van der Waals surface area contributed by atoms with Gasteiger partial charge < -0.3 is 4.55 Å². The zero-order chi connectivity index (χ0) is 20.3. The van der Waals surface area contributed by atoms with E-state index in [0.29, 0.717) is 0 Å². The van der Waals surface area contributed by atoms with Gasteiger partial charge in [-0.2, -0.15) is 0 Å². The molecule has 0 N–H and O–H groups in total. The molecule has 0 aliphatic heterocycles. The molecule has 0 saturated carbocycles. The van der Waals surface area contributed by atoms with Gasteiger partial charge in [-0.15, -0.1) is 0 Å². The maximum atomic E-state index is 10.4. The minimum Gasteiger partial charge on any atom is -0.744 e. The van der Waals surface area contributed by atoms with Gasteiger partial charge in [0.25, 0.3) is 0 Å². The fraction of sp³-hybridized carbons (Fsp3) is 0.500. The second-order valence-corrected chi connectivity index (χ2v) is 8.43. The highest BCUT2D eigenvalue weighted by Gasteiger charge is 2.11. The number of hydrogen-bond acceptors (Lipinski definition) is 3. The molecular formula is C22H33NO3S. The van der Waals surface area contributed by atoms with Crippen LogP contribution in [-0.2, 0) is 17.2 Å². The number of benzene rings is 1. The van der Waals surface area contributed by atoms with E-state index in [1.807, 2.05) is 6.92 Å². The molecule has 2 rings (SSSR count). The highest BCUT2D eigenvalue weighted by molar-refractivity contribution is 7.85. The summed E-state index contributed by atoms with van der Waals surface area (Å²) in [5, 5.41) is 0. The van der Waals surface area contributed by atoms with Crippen molar-refractivity contribution in [2.45, 2.75) is 70.1 Å². The Balaban J connectivity index is 0.000000289. The summed E-state index contributed by atoms with van der Waals surface area (Å²) in [4.78, 5) is -0.178. The average molecular weight is 392 g/mol. The van der Waals surface area contributed by atoms with Crippen LogP contribution in [0, 0.1) is 6.92 Å². The Morgan fingerprint density at radius 2 is 1.41 bits per heavy atom. The first-order valence-corrected chi connectivity index (χ1v) is 11.2. The van der Waals surface area contributed by atoms with Crippen LogP contribution >= 0.6 is 0 Å². The predicted molar refractivity (Wildman–Crippen MR) is 109 cm³/mol. The molecule has 0 saturated heterocycles. The largest absolute Gasteiger partial charge is 0.744 e. The average Bonchev–Trinajstić information content (AvgIpc) is 2.63. The molecule has 4 nitrogen and oxygen atoms in total. The maximum absolute atomic E-state index is 10.4. The van der Waals surface area contributed by atoms with Crippen molar-refractivity contribution in [3.05, 3.63) is 59.9 Å². The standard InChI is InChI=1S/C15H26N.C7H8O3S/c1-4-6-8-14(9-7-5-2)15-10-12-16(3)13-11-15;1-6-2-4-7(5-3-6)11(8,9)10/h10-14H,4-9H2,1-3H3;2-5H,1H3,(H,8,9,10)/q+1;/p-1. The Morgan fingerprint density at radius 3 is 1.81 bits per heavy atom. The molecule has 0 atom stereocenters. The van der Waals surface area contributed by atoms with Crippen LogP contribution in [0.1, 0.15) is 69.4 Å². The lowest BCUT2D eigenvalue weighted by Crippen LogP contribution is -2.26. The molecule has 1 heterocycles. The smallest absolute Gasteiger partial charge is 0.168 e. The quantitative estimate of drug-likeness (QED) is 0.476. The number of aromatic nitrogens is 1. The number of unbranched alkanes of at least 4 members (excludes halogenated alkanes) is 2. The van der Waals surface area contributed by atoms with Gasteiger partial charge >= 0.3 is 0 Å². The maximum Gasteiger partial charge on any atom is 0.168 e. The number of nitrogens with zero attached hydrogens (tertiary/aromatic N) is 1. The van der Waals surface area contributed by atoms with Crippen LogP contribution in [0.2, 0.25) is 0 Å². The summed E-state index contributed by atoms with van der Waals surface area (Å²) in [6.07, 6.45) is 12.4. The molecule has 0 radical (unpaired) electrons. The molecule has 5 heteroatoms. The zero-order valence-corrected chi connectivity index (χ0v) is 17.8. The van der Waals surface area contributed by atoms with E-state index in [0.717, 1.165) is 11.5 Å². The van der Waals surface area contributed by atoms with Crippen molar-refractivity contribution in [2.24, 2.45) is 7.05 Å². The monoisotopic (exact) mass is 391 g/mol. The Hall–Kier alpha value is -1.72. The van der Waals surface area contributed by atoms with E-state index in [9.17, 15) is 13.0 Å². The van der Waals surface area contributed by atoms with Gasteiger partial charge in [0, 0.05) is 12.1 Å². The van der Waals surface area contributed by atoms with Gasteiger partial charge in [-0.05, 0) is 43.4 Å². The summed E-state index contributed by atoms with van der Waals surface area (Å²) in [5.41, 5.74) is 2.46. The highest BCUT2D eigenvalue weighted by atomic mass is 32.2. The Labute approximate surface area is 165 Å². The first kappa shape index (κ1) is 23.3. The molecule has 0 bridgehead atoms. The summed E-state index contributed by atoms with van der Waals surface area (Å²) in [7, 11) is -2.19. The molecule has 0 aliphatic carbocycles. The SMILES string of the molecule is CCCCC(CCCC)c1cc[n+](C)cc1.Cc1ccc(S(=O)(=O)[O-])cc1. The number of hydrogen-bond donors (Lipinski definition) is 0. The third kappa shape index (κ3) is 9.16. The minimum absolute atomic E-state index is 0.178. The summed E-state index contributed by atoms with van der Waals surface area (Å²) < 4.78 is 33.3. The molecular weight excluding hydrogens is 358 g/mol. The van der Waals surface area contributed by atoms with Crippen molar-refractivity contribution in [2.75, 3.05) is 0 Å². The second-order valence-electron chi connectivity index (χ2n) is 7.05. The van der Waals surface area contributed by atoms with E-state index in [2.05, 4.69) is 50.0 Å². The van der Waals surface area contributed by atoms with Crippen LogP contribution in [0.5, 0.6) is 0 Å². The van der Waals surface area contributed by atoms with Crippen LogP contribution in [0.4, 0.5) is 0 Å². The van der Waals surface area contributed by atoms with E-state index < -0.39 is 10.1 Å². The van der Waals surface area contributed by atoms with Crippen molar-refractivity contribution >= 4 is 10.1 Å². The molecule has 150 valence electrons. The molecule has 2 aromatic rings. The first-order chi connectivity index (χ1) is 12.8. The van der Waals surface area contributed by atoms with Crippen LogP contribution < -0.4 is 4.57 Å². The van der Waals surface area contributed by atoms with Gasteiger partial charge in [0.15, 0.2) is 12.4 Å². The molecule has 0 amide bonds. The summed E-state index contributed by atoms with van der Waals surface area (Å²) in [6, 6.07) is 10.4. The second kappa shape index (κ2) is 11.9. The van der Waals surface area contributed by atoms with Gasteiger partial charge in [0.2, 0.25) is 0 Å².